The molecule has 0 bridgehead atoms. The Morgan fingerprint density at radius 1 is 1.03 bits per heavy atom. The zero-order valence-electron chi connectivity index (χ0n) is 16.0. The van der Waals surface area contributed by atoms with E-state index in [9.17, 15) is 9.18 Å². The highest BCUT2D eigenvalue weighted by molar-refractivity contribution is 6.30. The normalized spacial score (nSPS) is 19.6. The zero-order valence-corrected chi connectivity index (χ0v) is 16.7. The maximum Gasteiger partial charge on any atom is 0.271 e. The standard InChI is InChI=1S/C23H17ClFNO4/c1-13-10-15(24)3-9-18(13)30-22-21(14-2-8-19-20(11-14)29-12-28-19)26(23(22)27)17-6-4-16(25)5-7-17/h2-11,21-22H,12H2,1H3/t21-,22-/m1/s1. The van der Waals surface area contributed by atoms with E-state index < -0.39 is 12.1 Å². The van der Waals surface area contributed by atoms with E-state index in [-0.39, 0.29) is 18.5 Å². The number of amides is 1. The molecule has 0 aliphatic carbocycles. The summed E-state index contributed by atoms with van der Waals surface area (Å²) in [5, 5.41) is 0.597. The molecule has 1 fully saturated rings. The van der Waals surface area contributed by atoms with Crippen LogP contribution in [0.15, 0.2) is 60.7 Å². The summed E-state index contributed by atoms with van der Waals surface area (Å²) in [7, 11) is 0. The van der Waals surface area contributed by atoms with Gasteiger partial charge in [0.05, 0.1) is 0 Å². The van der Waals surface area contributed by atoms with Crippen molar-refractivity contribution in [3.8, 4) is 17.2 Å². The number of rotatable bonds is 4. The first-order valence-corrected chi connectivity index (χ1v) is 9.80. The summed E-state index contributed by atoms with van der Waals surface area (Å²) in [6.45, 7) is 2.03. The van der Waals surface area contributed by atoms with Crippen LogP contribution in [0.5, 0.6) is 17.2 Å². The van der Waals surface area contributed by atoms with Crippen molar-refractivity contribution in [3.63, 3.8) is 0 Å². The summed E-state index contributed by atoms with van der Waals surface area (Å²) < 4.78 is 30.4. The van der Waals surface area contributed by atoms with Crippen molar-refractivity contribution >= 4 is 23.2 Å². The first-order chi connectivity index (χ1) is 14.5. The van der Waals surface area contributed by atoms with E-state index in [0.717, 1.165) is 11.1 Å². The molecule has 2 aliphatic heterocycles. The molecular formula is C23H17ClFNO4. The van der Waals surface area contributed by atoms with Crippen molar-refractivity contribution in [2.45, 2.75) is 19.1 Å². The third-order valence-corrected chi connectivity index (χ3v) is 5.51. The Labute approximate surface area is 177 Å². The van der Waals surface area contributed by atoms with Gasteiger partial charge in [-0.25, -0.2) is 4.39 Å². The Kier molecular flexibility index (Phi) is 4.51. The molecular weight excluding hydrogens is 409 g/mol. The summed E-state index contributed by atoms with van der Waals surface area (Å²) in [4.78, 5) is 14.7. The van der Waals surface area contributed by atoms with Gasteiger partial charge < -0.3 is 14.2 Å². The first-order valence-electron chi connectivity index (χ1n) is 9.42. The number of hydrogen-bond acceptors (Lipinski definition) is 4. The van der Waals surface area contributed by atoms with Crippen molar-refractivity contribution in [2.24, 2.45) is 0 Å². The van der Waals surface area contributed by atoms with Gasteiger partial charge in [-0.15, -0.1) is 0 Å². The molecule has 0 saturated carbocycles. The van der Waals surface area contributed by atoms with E-state index in [0.29, 0.717) is 28.0 Å². The van der Waals surface area contributed by atoms with Gasteiger partial charge >= 0.3 is 0 Å². The molecule has 0 unspecified atom stereocenters. The van der Waals surface area contributed by atoms with E-state index >= 15 is 0 Å². The number of anilines is 1. The van der Waals surface area contributed by atoms with E-state index in [2.05, 4.69) is 0 Å². The second-order valence-electron chi connectivity index (χ2n) is 7.19. The molecule has 0 N–H and O–H groups in total. The monoisotopic (exact) mass is 425 g/mol. The fraction of sp³-hybridized carbons (Fsp3) is 0.174. The lowest BCUT2D eigenvalue weighted by atomic mass is 9.89. The van der Waals surface area contributed by atoms with Gasteiger partial charge in [-0.05, 0) is 72.6 Å². The van der Waals surface area contributed by atoms with Crippen LogP contribution in [0.25, 0.3) is 0 Å². The van der Waals surface area contributed by atoms with Gasteiger partial charge in [0.1, 0.15) is 17.6 Å². The van der Waals surface area contributed by atoms with Crippen LogP contribution in [0.4, 0.5) is 10.1 Å². The van der Waals surface area contributed by atoms with Crippen molar-refractivity contribution in [1.82, 2.24) is 0 Å². The predicted molar refractivity (Wildman–Crippen MR) is 110 cm³/mol. The van der Waals surface area contributed by atoms with Gasteiger partial charge in [0.25, 0.3) is 5.91 Å². The Morgan fingerprint density at radius 2 is 1.80 bits per heavy atom. The van der Waals surface area contributed by atoms with Crippen LogP contribution in [-0.4, -0.2) is 18.8 Å². The molecule has 152 valence electrons. The molecule has 0 aromatic heterocycles. The predicted octanol–water partition coefficient (Wildman–Crippen LogP) is 5.05. The summed E-state index contributed by atoms with van der Waals surface area (Å²) in [6.07, 6.45) is -0.740. The number of halogens is 2. The molecule has 5 rings (SSSR count). The van der Waals surface area contributed by atoms with Crippen LogP contribution in [-0.2, 0) is 4.79 Å². The number of hydrogen-bond donors (Lipinski definition) is 0. The second-order valence-corrected chi connectivity index (χ2v) is 7.63. The number of aryl methyl sites for hydroxylation is 1. The average Bonchev–Trinajstić information content (AvgIpc) is 3.20. The minimum absolute atomic E-state index is 0.161. The lowest BCUT2D eigenvalue weighted by Crippen LogP contribution is -2.61. The third kappa shape index (κ3) is 3.13. The van der Waals surface area contributed by atoms with E-state index in [4.69, 9.17) is 25.8 Å². The fourth-order valence-electron chi connectivity index (χ4n) is 3.77. The molecule has 0 spiro atoms. The molecule has 3 aromatic carbocycles. The van der Waals surface area contributed by atoms with Gasteiger partial charge in [-0.3, -0.25) is 9.69 Å². The quantitative estimate of drug-likeness (QED) is 0.549. The maximum absolute atomic E-state index is 13.4. The Hall–Kier alpha value is -3.25. The van der Waals surface area contributed by atoms with Crippen molar-refractivity contribution in [2.75, 3.05) is 11.7 Å². The minimum atomic E-state index is -0.740. The van der Waals surface area contributed by atoms with Crippen molar-refractivity contribution < 1.29 is 23.4 Å². The third-order valence-electron chi connectivity index (χ3n) is 5.28. The molecule has 7 heteroatoms. The topological polar surface area (TPSA) is 48.0 Å². The maximum atomic E-state index is 13.4. The Morgan fingerprint density at radius 3 is 2.57 bits per heavy atom. The van der Waals surface area contributed by atoms with Gasteiger partial charge in [0.15, 0.2) is 11.5 Å². The SMILES string of the molecule is Cc1cc(Cl)ccc1O[C@H]1C(=O)N(c2ccc(F)cc2)[C@@H]1c1ccc2c(c1)OCO2. The highest BCUT2D eigenvalue weighted by Crippen LogP contribution is 2.44. The van der Waals surface area contributed by atoms with Crippen LogP contribution in [0.2, 0.25) is 5.02 Å². The molecule has 2 aliphatic rings. The van der Waals surface area contributed by atoms with E-state index in [1.54, 1.807) is 35.2 Å². The van der Waals surface area contributed by atoms with Crippen LogP contribution >= 0.6 is 11.6 Å². The molecule has 2 atom stereocenters. The number of ether oxygens (including phenoxy) is 3. The lowest BCUT2D eigenvalue weighted by molar-refractivity contribution is -0.135. The molecule has 5 nitrogen and oxygen atoms in total. The smallest absolute Gasteiger partial charge is 0.271 e. The lowest BCUT2D eigenvalue weighted by Gasteiger charge is -2.46. The van der Waals surface area contributed by atoms with Crippen LogP contribution in [0, 0.1) is 12.7 Å². The summed E-state index contributed by atoms with van der Waals surface area (Å²) in [5.74, 6) is 1.29. The Bertz CT molecular complexity index is 1130. The van der Waals surface area contributed by atoms with Gasteiger partial charge in [0, 0.05) is 10.7 Å². The van der Waals surface area contributed by atoms with E-state index in [1.807, 2.05) is 25.1 Å². The van der Waals surface area contributed by atoms with Crippen LogP contribution in [0.3, 0.4) is 0 Å². The highest BCUT2D eigenvalue weighted by atomic mass is 35.5. The van der Waals surface area contributed by atoms with Gasteiger partial charge in [0.2, 0.25) is 12.9 Å². The largest absolute Gasteiger partial charge is 0.478 e. The van der Waals surface area contributed by atoms with Crippen LogP contribution in [0.1, 0.15) is 17.2 Å². The number of carbonyl (C=O) groups is 1. The number of β-lactam (4-membered cyclic amide) rings is 1. The fourth-order valence-corrected chi connectivity index (χ4v) is 4.00. The van der Waals surface area contributed by atoms with Crippen molar-refractivity contribution in [3.05, 3.63) is 82.6 Å². The summed E-state index contributed by atoms with van der Waals surface area (Å²) in [6, 6.07) is 16.2. The Balaban J connectivity index is 1.52. The van der Waals surface area contributed by atoms with Gasteiger partial charge in [-0.2, -0.15) is 0 Å². The number of carbonyl (C=O) groups excluding carboxylic acids is 1. The molecule has 0 radical (unpaired) electrons. The highest BCUT2D eigenvalue weighted by Gasteiger charge is 2.51. The van der Waals surface area contributed by atoms with Crippen LogP contribution < -0.4 is 19.1 Å². The second kappa shape index (κ2) is 7.22. The van der Waals surface area contributed by atoms with Crippen molar-refractivity contribution in [1.29, 1.82) is 0 Å². The zero-order chi connectivity index (χ0) is 20.8. The summed E-state index contributed by atoms with van der Waals surface area (Å²) >= 11 is 6.04. The van der Waals surface area contributed by atoms with Gasteiger partial charge in [-0.1, -0.05) is 17.7 Å². The first kappa shape index (κ1) is 18.8. The molecule has 1 saturated heterocycles. The number of fused-ring (bicyclic) bond motifs is 1. The average molecular weight is 426 g/mol. The molecule has 30 heavy (non-hydrogen) atoms. The van der Waals surface area contributed by atoms with E-state index in [1.165, 1.54) is 12.1 Å². The molecule has 2 heterocycles. The molecule has 1 amide bonds. The number of nitrogens with zero attached hydrogens (tertiary/aromatic N) is 1. The minimum Gasteiger partial charge on any atom is -0.478 e. The summed E-state index contributed by atoms with van der Waals surface area (Å²) in [5.41, 5.74) is 2.26. The molecule has 3 aromatic rings. The number of benzene rings is 3.